The molecule has 0 saturated carbocycles. The monoisotopic (exact) mass is 355 g/mol. The van der Waals surface area contributed by atoms with Crippen molar-refractivity contribution in [2.45, 2.75) is 36.7 Å². The van der Waals surface area contributed by atoms with E-state index in [2.05, 4.69) is 60.5 Å². The van der Waals surface area contributed by atoms with Crippen LogP contribution in [0.15, 0.2) is 48.5 Å². The summed E-state index contributed by atoms with van der Waals surface area (Å²) in [6.45, 7) is 2.97. The largest absolute Gasteiger partial charge is 0.376 e. The quantitative estimate of drug-likeness (QED) is 0.793. The van der Waals surface area contributed by atoms with Crippen molar-refractivity contribution < 1.29 is 4.74 Å². The van der Waals surface area contributed by atoms with Gasteiger partial charge in [-0.15, -0.1) is 12.4 Å². The molecule has 0 radical (unpaired) electrons. The highest BCUT2D eigenvalue weighted by molar-refractivity contribution is 5.85. The Morgan fingerprint density at radius 1 is 1.04 bits per heavy atom. The van der Waals surface area contributed by atoms with Crippen molar-refractivity contribution in [3.63, 3.8) is 0 Å². The van der Waals surface area contributed by atoms with Crippen LogP contribution in [-0.2, 0) is 10.2 Å². The van der Waals surface area contributed by atoms with Gasteiger partial charge in [-0.25, -0.2) is 0 Å². The van der Waals surface area contributed by atoms with Crippen LogP contribution in [0.25, 0.3) is 0 Å². The third-order valence-electron chi connectivity index (χ3n) is 6.48. The molecule has 0 spiro atoms. The number of benzene rings is 2. The molecule has 0 aromatic heterocycles. The Balaban J connectivity index is 0.00000157. The van der Waals surface area contributed by atoms with Crippen LogP contribution in [0.2, 0.25) is 0 Å². The van der Waals surface area contributed by atoms with Gasteiger partial charge < -0.3 is 9.64 Å². The Kier molecular flexibility index (Phi) is 4.39. The number of hydrogen-bond acceptors (Lipinski definition) is 2. The van der Waals surface area contributed by atoms with Crippen molar-refractivity contribution in [2.24, 2.45) is 0 Å². The zero-order valence-corrected chi connectivity index (χ0v) is 15.6. The molecule has 6 rings (SSSR count). The molecule has 1 saturated heterocycles. The number of hydrogen-bond donors (Lipinski definition) is 0. The van der Waals surface area contributed by atoms with E-state index < -0.39 is 0 Å². The van der Waals surface area contributed by atoms with E-state index in [1.165, 1.54) is 12.8 Å². The van der Waals surface area contributed by atoms with Crippen LogP contribution in [0.3, 0.4) is 0 Å². The fourth-order valence-corrected chi connectivity index (χ4v) is 5.46. The first kappa shape index (κ1) is 17.1. The first-order valence-electron chi connectivity index (χ1n) is 9.27. The van der Waals surface area contributed by atoms with Gasteiger partial charge in [-0.2, -0.15) is 0 Å². The number of halogens is 1. The lowest BCUT2D eigenvalue weighted by Gasteiger charge is -2.51. The molecule has 0 amide bonds. The minimum atomic E-state index is 0. The molecule has 25 heavy (non-hydrogen) atoms. The van der Waals surface area contributed by atoms with Gasteiger partial charge in [0.2, 0.25) is 0 Å². The minimum Gasteiger partial charge on any atom is -0.376 e. The summed E-state index contributed by atoms with van der Waals surface area (Å²) in [5, 5.41) is 0. The number of morpholine rings is 1. The molecule has 1 aliphatic heterocycles. The van der Waals surface area contributed by atoms with Crippen LogP contribution >= 0.6 is 12.4 Å². The third kappa shape index (κ3) is 2.54. The molecule has 2 bridgehead atoms. The van der Waals surface area contributed by atoms with Gasteiger partial charge >= 0.3 is 0 Å². The van der Waals surface area contributed by atoms with Gasteiger partial charge in [0.05, 0.1) is 12.7 Å². The second-order valence-corrected chi connectivity index (χ2v) is 7.81. The fraction of sp³-hybridized carbons (Fsp3) is 0.455. The van der Waals surface area contributed by atoms with Gasteiger partial charge in [-0.1, -0.05) is 48.5 Å². The van der Waals surface area contributed by atoms with Crippen LogP contribution in [0.1, 0.15) is 47.4 Å². The molecule has 1 unspecified atom stereocenters. The highest BCUT2D eigenvalue weighted by atomic mass is 35.5. The Morgan fingerprint density at radius 2 is 1.68 bits per heavy atom. The van der Waals surface area contributed by atoms with E-state index in [0.29, 0.717) is 12.0 Å². The van der Waals surface area contributed by atoms with Crippen LogP contribution in [0.5, 0.6) is 0 Å². The first-order valence-corrected chi connectivity index (χ1v) is 9.27. The average Bonchev–Trinajstić information content (AvgIpc) is 2.63. The number of fused-ring (bicyclic) bond motifs is 1. The molecule has 1 fully saturated rings. The summed E-state index contributed by atoms with van der Waals surface area (Å²) in [4.78, 5) is 2.41. The molecule has 2 aromatic carbocycles. The normalized spacial score (nSPS) is 30.3. The zero-order valence-electron chi connectivity index (χ0n) is 14.8. The predicted molar refractivity (Wildman–Crippen MR) is 104 cm³/mol. The van der Waals surface area contributed by atoms with Crippen molar-refractivity contribution in [1.29, 1.82) is 0 Å². The highest BCUT2D eigenvalue weighted by Crippen LogP contribution is 2.58. The Bertz CT molecular complexity index is 727. The van der Waals surface area contributed by atoms with Crippen LogP contribution in [0.4, 0.5) is 0 Å². The Labute approximate surface area is 156 Å². The second-order valence-electron chi connectivity index (χ2n) is 7.81. The Hall–Kier alpha value is -1.35. The van der Waals surface area contributed by atoms with Crippen LogP contribution in [-0.4, -0.2) is 37.7 Å². The van der Waals surface area contributed by atoms with Gasteiger partial charge in [0.1, 0.15) is 0 Å². The number of likely N-dealkylation sites (N-methyl/N-ethyl adjacent to an activating group) is 1. The summed E-state index contributed by atoms with van der Waals surface area (Å²) in [6.07, 6.45) is 3.98. The lowest BCUT2D eigenvalue weighted by atomic mass is 9.53. The second kappa shape index (κ2) is 6.42. The number of rotatable bonds is 2. The first-order chi connectivity index (χ1) is 11.8. The summed E-state index contributed by atoms with van der Waals surface area (Å²) in [5.74, 6) is 0.592. The molecule has 132 valence electrons. The van der Waals surface area contributed by atoms with E-state index in [1.54, 1.807) is 22.3 Å². The maximum absolute atomic E-state index is 6.18. The van der Waals surface area contributed by atoms with Gasteiger partial charge in [-0.05, 0) is 48.6 Å². The molecule has 4 aliphatic rings. The lowest BCUT2D eigenvalue weighted by molar-refractivity contribution is -0.0336. The topological polar surface area (TPSA) is 12.5 Å². The fourth-order valence-electron chi connectivity index (χ4n) is 5.46. The van der Waals surface area contributed by atoms with Gasteiger partial charge in [0.25, 0.3) is 0 Å². The maximum atomic E-state index is 6.18. The van der Waals surface area contributed by atoms with E-state index in [1.807, 2.05) is 0 Å². The summed E-state index contributed by atoms with van der Waals surface area (Å²) in [5.41, 5.74) is 6.40. The van der Waals surface area contributed by atoms with Crippen molar-refractivity contribution in [1.82, 2.24) is 4.90 Å². The summed E-state index contributed by atoms with van der Waals surface area (Å²) >= 11 is 0. The molecular formula is C22H26ClNO. The minimum absolute atomic E-state index is 0. The number of ether oxygens (including phenoxy) is 1. The molecule has 2 aromatic rings. The van der Waals surface area contributed by atoms with Crippen LogP contribution in [0, 0.1) is 0 Å². The molecular weight excluding hydrogens is 330 g/mol. The summed E-state index contributed by atoms with van der Waals surface area (Å²) in [7, 11) is 2.22. The molecule has 3 aliphatic carbocycles. The Morgan fingerprint density at radius 3 is 2.32 bits per heavy atom. The molecule has 1 atom stereocenters. The van der Waals surface area contributed by atoms with E-state index in [-0.39, 0.29) is 17.8 Å². The highest BCUT2D eigenvalue weighted by Gasteiger charge is 2.49. The van der Waals surface area contributed by atoms with Gasteiger partial charge in [0.15, 0.2) is 0 Å². The SMILES string of the molecule is CN1CCOC(CC23CCC(c4ccccc42)c2ccccc23)C1.Cl. The van der Waals surface area contributed by atoms with Crippen molar-refractivity contribution >= 4 is 12.4 Å². The molecule has 2 nitrogen and oxygen atoms in total. The lowest BCUT2D eigenvalue weighted by Crippen LogP contribution is -2.47. The van der Waals surface area contributed by atoms with E-state index in [9.17, 15) is 0 Å². The summed E-state index contributed by atoms with van der Waals surface area (Å²) in [6, 6.07) is 18.3. The van der Waals surface area contributed by atoms with Crippen molar-refractivity contribution in [3.05, 3.63) is 70.8 Å². The van der Waals surface area contributed by atoms with E-state index in [0.717, 1.165) is 26.1 Å². The van der Waals surface area contributed by atoms with Crippen molar-refractivity contribution in [3.8, 4) is 0 Å². The zero-order chi connectivity index (χ0) is 16.1. The van der Waals surface area contributed by atoms with E-state index >= 15 is 0 Å². The van der Waals surface area contributed by atoms with Crippen molar-refractivity contribution in [2.75, 3.05) is 26.7 Å². The summed E-state index contributed by atoms with van der Waals surface area (Å²) < 4.78 is 6.18. The average molecular weight is 356 g/mol. The molecule has 0 N–H and O–H groups in total. The smallest absolute Gasteiger partial charge is 0.0714 e. The van der Waals surface area contributed by atoms with Crippen LogP contribution < -0.4 is 0 Å². The van der Waals surface area contributed by atoms with Gasteiger partial charge in [0, 0.05) is 24.4 Å². The third-order valence-corrected chi connectivity index (χ3v) is 6.48. The standard InChI is InChI=1S/C22H25NO.ClH/c1-23-12-13-24-16(15-23)14-22-11-10-17(18-6-2-4-8-20(18)22)19-7-3-5-9-21(19)22;/h2-9,16-17H,10-15H2,1H3;1H. The predicted octanol–water partition coefficient (Wildman–Crippen LogP) is 4.35. The molecule has 3 heteroatoms. The molecule has 1 heterocycles. The van der Waals surface area contributed by atoms with E-state index in [4.69, 9.17) is 4.74 Å². The maximum Gasteiger partial charge on any atom is 0.0714 e. The number of nitrogens with zero attached hydrogens (tertiary/aromatic N) is 1. The van der Waals surface area contributed by atoms with Gasteiger partial charge in [-0.3, -0.25) is 0 Å².